The number of hydrogen-bond acceptors (Lipinski definition) is 2. The Kier molecular flexibility index (Phi) is 5.11. The number of hydrogen-bond donors (Lipinski definition) is 0. The third-order valence-corrected chi connectivity index (χ3v) is 3.28. The lowest BCUT2D eigenvalue weighted by Crippen LogP contribution is -2.30. The number of nitrogens with zero attached hydrogens (tertiary/aromatic N) is 2. The maximum Gasteiger partial charge on any atom is 0.0683 e. The molecule has 0 N–H and O–H groups in total. The third kappa shape index (κ3) is 5.18. The van der Waals surface area contributed by atoms with Gasteiger partial charge in [0, 0.05) is 0 Å². The molecule has 1 saturated heterocycles. The van der Waals surface area contributed by atoms with Gasteiger partial charge in [0.05, 0.1) is 11.5 Å². The van der Waals surface area contributed by atoms with Crippen LogP contribution in [-0.4, -0.2) is 24.5 Å². The molecule has 1 fully saturated rings. The van der Waals surface area contributed by atoms with Crippen LogP contribution < -0.4 is 0 Å². The summed E-state index contributed by atoms with van der Waals surface area (Å²) in [5.74, 6) is 0. The first kappa shape index (κ1) is 12.5. The Balaban J connectivity index is 2.04. The van der Waals surface area contributed by atoms with Gasteiger partial charge < -0.3 is 4.90 Å². The van der Waals surface area contributed by atoms with Gasteiger partial charge in [0.15, 0.2) is 0 Å². The molecule has 2 heteroatoms. The number of piperidine rings is 1. The van der Waals surface area contributed by atoms with Gasteiger partial charge in [0.2, 0.25) is 0 Å². The molecule has 86 valence electrons. The van der Waals surface area contributed by atoms with E-state index in [1.807, 2.05) is 13.8 Å². The molecule has 0 spiro atoms. The number of likely N-dealkylation sites (tertiary alicyclic amines) is 1. The average molecular weight is 208 g/mol. The topological polar surface area (TPSA) is 27.0 Å². The largest absolute Gasteiger partial charge is 0.303 e. The van der Waals surface area contributed by atoms with Crippen LogP contribution in [0.4, 0.5) is 0 Å². The van der Waals surface area contributed by atoms with Crippen LogP contribution in [0.25, 0.3) is 0 Å². The highest BCUT2D eigenvalue weighted by molar-refractivity contribution is 4.91. The molecule has 0 aromatic rings. The predicted octanol–water partition coefficient (Wildman–Crippen LogP) is 3.19. The van der Waals surface area contributed by atoms with Crippen molar-refractivity contribution in [2.24, 2.45) is 5.41 Å². The molecule has 0 saturated carbocycles. The fraction of sp³-hybridized carbons (Fsp3) is 0.923. The van der Waals surface area contributed by atoms with Crippen LogP contribution in [0.3, 0.4) is 0 Å². The zero-order valence-corrected chi connectivity index (χ0v) is 10.3. The molecule has 2 nitrogen and oxygen atoms in total. The maximum atomic E-state index is 8.88. The summed E-state index contributed by atoms with van der Waals surface area (Å²) in [6, 6.07) is 2.37. The van der Waals surface area contributed by atoms with Crippen molar-refractivity contribution < 1.29 is 0 Å². The molecule has 0 aromatic carbocycles. The summed E-state index contributed by atoms with van der Waals surface area (Å²) >= 11 is 0. The van der Waals surface area contributed by atoms with Gasteiger partial charge in [-0.2, -0.15) is 5.26 Å². The van der Waals surface area contributed by atoms with Gasteiger partial charge in [-0.15, -0.1) is 0 Å². The molecule has 15 heavy (non-hydrogen) atoms. The molecule has 0 aliphatic carbocycles. The molecule has 1 rings (SSSR count). The van der Waals surface area contributed by atoms with Crippen LogP contribution in [0.5, 0.6) is 0 Å². The third-order valence-electron chi connectivity index (χ3n) is 3.28. The van der Waals surface area contributed by atoms with Gasteiger partial charge in [-0.05, 0) is 59.2 Å². The molecule has 0 bridgehead atoms. The molecule has 1 heterocycles. The molecule has 0 atom stereocenters. The number of unbranched alkanes of at least 4 members (excludes halogenated alkanes) is 1. The minimum Gasteiger partial charge on any atom is -0.303 e. The van der Waals surface area contributed by atoms with Crippen LogP contribution in [-0.2, 0) is 0 Å². The quantitative estimate of drug-likeness (QED) is 0.649. The predicted molar refractivity (Wildman–Crippen MR) is 63.5 cm³/mol. The van der Waals surface area contributed by atoms with Crippen molar-refractivity contribution in [2.75, 3.05) is 19.6 Å². The lowest BCUT2D eigenvalue weighted by Gasteiger charge is -2.26. The highest BCUT2D eigenvalue weighted by Gasteiger charge is 2.16. The Morgan fingerprint density at radius 1 is 1.13 bits per heavy atom. The minimum atomic E-state index is -0.123. The van der Waals surface area contributed by atoms with E-state index >= 15 is 0 Å². The van der Waals surface area contributed by atoms with Crippen molar-refractivity contribution >= 4 is 0 Å². The van der Waals surface area contributed by atoms with E-state index in [1.165, 1.54) is 51.7 Å². The van der Waals surface area contributed by atoms with E-state index in [2.05, 4.69) is 11.0 Å². The number of rotatable bonds is 5. The second-order valence-electron chi connectivity index (χ2n) is 5.36. The van der Waals surface area contributed by atoms with Crippen LogP contribution in [0, 0.1) is 16.7 Å². The standard InChI is InChI=1S/C13H24N2/c1-13(2,12-14)8-4-7-11-15-9-5-3-6-10-15/h3-11H2,1-2H3. The van der Waals surface area contributed by atoms with Crippen molar-refractivity contribution in [3.8, 4) is 6.07 Å². The van der Waals surface area contributed by atoms with E-state index in [0.29, 0.717) is 0 Å². The first-order valence-electron chi connectivity index (χ1n) is 6.28. The molecule has 0 aromatic heterocycles. The van der Waals surface area contributed by atoms with Crippen molar-refractivity contribution in [1.82, 2.24) is 4.90 Å². The summed E-state index contributed by atoms with van der Waals surface area (Å²) in [5, 5.41) is 8.88. The Labute approximate surface area is 94.3 Å². The zero-order valence-electron chi connectivity index (χ0n) is 10.3. The van der Waals surface area contributed by atoms with Gasteiger partial charge in [-0.25, -0.2) is 0 Å². The van der Waals surface area contributed by atoms with Gasteiger partial charge >= 0.3 is 0 Å². The summed E-state index contributed by atoms with van der Waals surface area (Å²) in [7, 11) is 0. The summed E-state index contributed by atoms with van der Waals surface area (Å²) in [5.41, 5.74) is -0.123. The van der Waals surface area contributed by atoms with Gasteiger partial charge in [0.1, 0.15) is 0 Å². The van der Waals surface area contributed by atoms with Gasteiger partial charge in [-0.1, -0.05) is 12.8 Å². The van der Waals surface area contributed by atoms with Crippen LogP contribution in [0.15, 0.2) is 0 Å². The lowest BCUT2D eigenvalue weighted by molar-refractivity contribution is 0.221. The Hall–Kier alpha value is -0.550. The summed E-state index contributed by atoms with van der Waals surface area (Å²) < 4.78 is 0. The second kappa shape index (κ2) is 6.12. The maximum absolute atomic E-state index is 8.88. The fourth-order valence-electron chi connectivity index (χ4n) is 2.14. The molecular weight excluding hydrogens is 184 g/mol. The highest BCUT2D eigenvalue weighted by Crippen LogP contribution is 2.21. The lowest BCUT2D eigenvalue weighted by atomic mass is 9.89. The molecular formula is C13H24N2. The SMILES string of the molecule is CC(C)(C#N)CCCCN1CCCCC1. The smallest absolute Gasteiger partial charge is 0.0683 e. The van der Waals surface area contributed by atoms with Crippen LogP contribution in [0.2, 0.25) is 0 Å². The van der Waals surface area contributed by atoms with Crippen molar-refractivity contribution in [2.45, 2.75) is 52.4 Å². The molecule has 0 unspecified atom stereocenters. The fourth-order valence-corrected chi connectivity index (χ4v) is 2.14. The zero-order chi connectivity index (χ0) is 11.1. The van der Waals surface area contributed by atoms with Gasteiger partial charge in [-0.3, -0.25) is 0 Å². The highest BCUT2D eigenvalue weighted by atomic mass is 15.1. The summed E-state index contributed by atoms with van der Waals surface area (Å²) in [6.07, 6.45) is 7.66. The Morgan fingerprint density at radius 3 is 2.40 bits per heavy atom. The summed E-state index contributed by atoms with van der Waals surface area (Å²) in [4.78, 5) is 2.57. The monoisotopic (exact) mass is 208 g/mol. The van der Waals surface area contributed by atoms with Crippen LogP contribution in [0.1, 0.15) is 52.4 Å². The first-order valence-corrected chi connectivity index (χ1v) is 6.28. The normalized spacial score (nSPS) is 18.7. The van der Waals surface area contributed by atoms with E-state index < -0.39 is 0 Å². The summed E-state index contributed by atoms with van der Waals surface area (Å²) in [6.45, 7) is 7.90. The van der Waals surface area contributed by atoms with E-state index in [9.17, 15) is 0 Å². The van der Waals surface area contributed by atoms with E-state index in [4.69, 9.17) is 5.26 Å². The molecule has 0 amide bonds. The Bertz CT molecular complexity index is 209. The van der Waals surface area contributed by atoms with E-state index in [0.717, 1.165) is 6.42 Å². The second-order valence-corrected chi connectivity index (χ2v) is 5.36. The van der Waals surface area contributed by atoms with E-state index in [1.54, 1.807) is 0 Å². The van der Waals surface area contributed by atoms with E-state index in [-0.39, 0.29) is 5.41 Å². The average Bonchev–Trinajstić information content (AvgIpc) is 2.26. The van der Waals surface area contributed by atoms with Crippen molar-refractivity contribution in [3.05, 3.63) is 0 Å². The first-order chi connectivity index (χ1) is 7.14. The van der Waals surface area contributed by atoms with Gasteiger partial charge in [0.25, 0.3) is 0 Å². The molecule has 1 aliphatic heterocycles. The minimum absolute atomic E-state index is 0.123. The Morgan fingerprint density at radius 2 is 1.80 bits per heavy atom. The van der Waals surface area contributed by atoms with Crippen molar-refractivity contribution in [1.29, 1.82) is 5.26 Å². The van der Waals surface area contributed by atoms with Crippen molar-refractivity contribution in [3.63, 3.8) is 0 Å². The number of nitriles is 1. The molecule has 0 radical (unpaired) electrons. The van der Waals surface area contributed by atoms with Crippen LogP contribution >= 0.6 is 0 Å². The molecule has 1 aliphatic rings.